The van der Waals surface area contributed by atoms with E-state index >= 15 is 0 Å². The first-order valence-corrected chi connectivity index (χ1v) is 11.3. The van der Waals surface area contributed by atoms with Crippen molar-refractivity contribution in [2.45, 2.75) is 37.1 Å². The van der Waals surface area contributed by atoms with E-state index in [1.165, 1.54) is 41.3 Å². The predicted molar refractivity (Wildman–Crippen MR) is 117 cm³/mol. The van der Waals surface area contributed by atoms with Gasteiger partial charge in [-0.15, -0.1) is 20.4 Å². The molecule has 0 bridgehead atoms. The highest BCUT2D eigenvalue weighted by Gasteiger charge is 2.20. The molecule has 2 heterocycles. The Labute approximate surface area is 186 Å². The minimum Gasteiger partial charge on any atom is -0.351 e. The molecule has 0 unspecified atom stereocenters. The number of thioether (sulfide) groups is 1. The molecule has 164 valence electrons. The van der Waals surface area contributed by atoms with Crippen LogP contribution in [0.15, 0.2) is 29.4 Å². The van der Waals surface area contributed by atoms with Crippen molar-refractivity contribution in [3.8, 4) is 0 Å². The summed E-state index contributed by atoms with van der Waals surface area (Å²) in [6.45, 7) is 4.02. The van der Waals surface area contributed by atoms with Gasteiger partial charge in [0.05, 0.1) is 10.8 Å². The van der Waals surface area contributed by atoms with Crippen molar-refractivity contribution >= 4 is 40.0 Å². The third kappa shape index (κ3) is 5.85. The summed E-state index contributed by atoms with van der Waals surface area (Å²) in [7, 11) is 1.79. The lowest BCUT2D eigenvalue weighted by atomic mass is 10.2. The Morgan fingerprint density at radius 2 is 2.00 bits per heavy atom. The van der Waals surface area contributed by atoms with E-state index in [9.17, 15) is 14.0 Å². The van der Waals surface area contributed by atoms with Crippen molar-refractivity contribution in [3.63, 3.8) is 0 Å². The van der Waals surface area contributed by atoms with E-state index in [-0.39, 0.29) is 18.0 Å². The summed E-state index contributed by atoms with van der Waals surface area (Å²) >= 11 is 2.61. The van der Waals surface area contributed by atoms with Crippen LogP contribution >= 0.6 is 23.1 Å². The van der Waals surface area contributed by atoms with Gasteiger partial charge in [-0.1, -0.05) is 42.2 Å². The van der Waals surface area contributed by atoms with Crippen molar-refractivity contribution in [1.29, 1.82) is 0 Å². The number of anilines is 1. The Bertz CT molecular complexity index is 1070. The van der Waals surface area contributed by atoms with Crippen LogP contribution in [0.2, 0.25) is 0 Å². The van der Waals surface area contributed by atoms with Crippen LogP contribution in [-0.2, 0) is 24.7 Å². The van der Waals surface area contributed by atoms with Gasteiger partial charge in [-0.25, -0.2) is 4.39 Å². The van der Waals surface area contributed by atoms with Crippen molar-refractivity contribution in [1.82, 2.24) is 30.3 Å². The molecule has 3 aromatic rings. The Kier molecular flexibility index (Phi) is 7.69. The molecule has 2 N–H and O–H groups in total. The molecule has 3 rings (SSSR count). The summed E-state index contributed by atoms with van der Waals surface area (Å²) in [6, 6.07) is 5.81. The highest BCUT2D eigenvalue weighted by Crippen LogP contribution is 2.23. The molecule has 0 aliphatic heterocycles. The molecular weight excluding hydrogens is 441 g/mol. The Morgan fingerprint density at radius 1 is 1.23 bits per heavy atom. The number of nitrogens with zero attached hydrogens (tertiary/aromatic N) is 5. The lowest BCUT2D eigenvalue weighted by Gasteiger charge is -2.10. The molecule has 0 spiro atoms. The second-order valence-electron chi connectivity index (χ2n) is 6.55. The van der Waals surface area contributed by atoms with Crippen molar-refractivity contribution in [2.75, 3.05) is 11.9 Å². The van der Waals surface area contributed by atoms with Gasteiger partial charge < -0.3 is 9.88 Å². The molecule has 0 saturated carbocycles. The van der Waals surface area contributed by atoms with Crippen LogP contribution in [0.4, 0.5) is 9.52 Å². The summed E-state index contributed by atoms with van der Waals surface area (Å²) < 4.78 is 15.4. The first-order valence-electron chi connectivity index (χ1n) is 9.60. The van der Waals surface area contributed by atoms with Gasteiger partial charge in [-0.2, -0.15) is 0 Å². The van der Waals surface area contributed by atoms with E-state index in [1.54, 1.807) is 24.6 Å². The SMILES string of the molecule is CCc1nnc(NC(=O)[C@H](C)Sc2nnc(CCNC(=O)c3ccccc3F)n2C)s1. The summed E-state index contributed by atoms with van der Waals surface area (Å²) in [4.78, 5) is 24.5. The number of hydrogen-bond donors (Lipinski definition) is 2. The summed E-state index contributed by atoms with van der Waals surface area (Å²) in [5, 5.41) is 23.1. The number of nitrogens with one attached hydrogen (secondary N) is 2. The maximum absolute atomic E-state index is 13.7. The average Bonchev–Trinajstić information content (AvgIpc) is 3.35. The largest absolute Gasteiger partial charge is 0.351 e. The van der Waals surface area contributed by atoms with Gasteiger partial charge in [0, 0.05) is 20.0 Å². The van der Waals surface area contributed by atoms with E-state index in [2.05, 4.69) is 31.0 Å². The molecule has 9 nitrogen and oxygen atoms in total. The van der Waals surface area contributed by atoms with Crippen LogP contribution in [-0.4, -0.2) is 48.6 Å². The van der Waals surface area contributed by atoms with Crippen LogP contribution in [0.3, 0.4) is 0 Å². The number of halogens is 1. The van der Waals surface area contributed by atoms with Crippen LogP contribution in [0.5, 0.6) is 0 Å². The first kappa shape index (κ1) is 22.8. The molecule has 12 heteroatoms. The molecule has 0 radical (unpaired) electrons. The zero-order chi connectivity index (χ0) is 22.4. The van der Waals surface area contributed by atoms with Gasteiger partial charge in [0.1, 0.15) is 16.6 Å². The zero-order valence-electron chi connectivity index (χ0n) is 17.3. The summed E-state index contributed by atoms with van der Waals surface area (Å²) in [6.07, 6.45) is 1.18. The minimum absolute atomic E-state index is 0.00182. The number of rotatable bonds is 9. The Morgan fingerprint density at radius 3 is 2.71 bits per heavy atom. The maximum atomic E-state index is 13.7. The monoisotopic (exact) mass is 463 g/mol. The fraction of sp³-hybridized carbons (Fsp3) is 0.368. The van der Waals surface area contributed by atoms with E-state index in [0.717, 1.165) is 11.4 Å². The van der Waals surface area contributed by atoms with Gasteiger partial charge in [0.15, 0.2) is 5.16 Å². The highest BCUT2D eigenvalue weighted by atomic mass is 32.2. The van der Waals surface area contributed by atoms with Gasteiger partial charge in [-0.3, -0.25) is 14.9 Å². The predicted octanol–water partition coefficient (Wildman–Crippen LogP) is 2.46. The number of carbonyl (C=O) groups excluding carboxylic acids is 2. The van der Waals surface area contributed by atoms with Crippen molar-refractivity contribution in [2.24, 2.45) is 7.05 Å². The molecular formula is C19H22FN7O2S2. The van der Waals surface area contributed by atoms with Crippen LogP contribution in [0, 0.1) is 5.82 Å². The van der Waals surface area contributed by atoms with Crippen molar-refractivity contribution in [3.05, 3.63) is 46.5 Å². The maximum Gasteiger partial charge on any atom is 0.254 e. The van der Waals surface area contributed by atoms with Crippen LogP contribution < -0.4 is 10.6 Å². The third-order valence-corrected chi connectivity index (χ3v) is 6.45. The number of aryl methyl sites for hydroxylation is 1. The van der Waals surface area contributed by atoms with Gasteiger partial charge in [0.25, 0.3) is 5.91 Å². The number of carbonyl (C=O) groups is 2. The summed E-state index contributed by atoms with van der Waals surface area (Å²) in [5.41, 5.74) is -0.00182. The molecule has 31 heavy (non-hydrogen) atoms. The van der Waals surface area contributed by atoms with Crippen molar-refractivity contribution < 1.29 is 14.0 Å². The van der Waals surface area contributed by atoms with Crippen LogP contribution in [0.25, 0.3) is 0 Å². The molecule has 2 aromatic heterocycles. The fourth-order valence-corrected chi connectivity index (χ4v) is 4.08. The van der Waals surface area contributed by atoms with Gasteiger partial charge >= 0.3 is 0 Å². The van der Waals surface area contributed by atoms with Gasteiger partial charge in [0.2, 0.25) is 11.0 Å². The standard InChI is InChI=1S/C19H22FN7O2S2/c1-4-15-24-25-18(31-15)22-16(28)11(2)30-19-26-23-14(27(19)3)9-10-21-17(29)12-7-5-6-8-13(12)20/h5-8,11H,4,9-10H2,1-3H3,(H,21,29)(H,22,25,28)/t11-/m0/s1. The molecule has 0 aliphatic rings. The number of hydrogen-bond acceptors (Lipinski definition) is 8. The zero-order valence-corrected chi connectivity index (χ0v) is 18.9. The molecule has 2 amide bonds. The average molecular weight is 464 g/mol. The fourth-order valence-electron chi connectivity index (χ4n) is 2.56. The first-order chi connectivity index (χ1) is 14.9. The molecule has 0 aliphatic carbocycles. The Hall–Kier alpha value is -2.86. The van der Waals surface area contributed by atoms with E-state index in [0.29, 0.717) is 22.5 Å². The highest BCUT2D eigenvalue weighted by molar-refractivity contribution is 8.00. The Balaban J connectivity index is 1.51. The quantitative estimate of drug-likeness (QED) is 0.469. The second-order valence-corrected chi connectivity index (χ2v) is 8.92. The molecule has 0 fully saturated rings. The second kappa shape index (κ2) is 10.4. The van der Waals surface area contributed by atoms with E-state index in [1.807, 2.05) is 6.92 Å². The van der Waals surface area contributed by atoms with Gasteiger partial charge in [-0.05, 0) is 25.5 Å². The smallest absolute Gasteiger partial charge is 0.254 e. The lowest BCUT2D eigenvalue weighted by Crippen LogP contribution is -2.27. The summed E-state index contributed by atoms with van der Waals surface area (Å²) in [5.74, 6) is -0.613. The molecule has 1 aromatic carbocycles. The lowest BCUT2D eigenvalue weighted by molar-refractivity contribution is -0.115. The number of aromatic nitrogens is 5. The van der Waals surface area contributed by atoms with E-state index < -0.39 is 17.0 Å². The minimum atomic E-state index is -0.566. The molecule has 0 saturated heterocycles. The van der Waals surface area contributed by atoms with E-state index in [4.69, 9.17) is 0 Å². The molecule has 1 atom stereocenters. The number of amides is 2. The topological polar surface area (TPSA) is 115 Å². The normalized spacial score (nSPS) is 11.9. The third-order valence-electron chi connectivity index (χ3n) is 4.33. The number of benzene rings is 1. The van der Waals surface area contributed by atoms with Crippen LogP contribution in [0.1, 0.15) is 35.0 Å².